The first kappa shape index (κ1) is 44.3. The summed E-state index contributed by atoms with van der Waals surface area (Å²) in [5.41, 5.74) is 11.0. The summed E-state index contributed by atoms with van der Waals surface area (Å²) < 4.78 is 31.4. The largest absolute Gasteiger partial charge is 0.459 e. The number of hydrogen-bond donors (Lipinski definition) is 3. The number of cyclic esters (lactones) is 1. The number of fused-ring (bicyclic) bond motifs is 3. The topological polar surface area (TPSA) is 176 Å². The molecule has 4 aromatic rings. The van der Waals surface area contributed by atoms with E-state index < -0.39 is 41.5 Å². The van der Waals surface area contributed by atoms with Crippen LogP contribution in [0.3, 0.4) is 0 Å². The number of benzene rings is 4. The van der Waals surface area contributed by atoms with E-state index in [1.54, 1.807) is 62.1 Å². The second-order valence-corrected chi connectivity index (χ2v) is 16.6. The van der Waals surface area contributed by atoms with Crippen LogP contribution in [0.1, 0.15) is 67.4 Å². The first-order valence-corrected chi connectivity index (χ1v) is 21.0. The molecule has 0 spiro atoms. The normalized spacial score (nSPS) is 15.9. The third-order valence-corrected chi connectivity index (χ3v) is 11.0. The van der Waals surface area contributed by atoms with Gasteiger partial charge in [0.2, 0.25) is 5.91 Å². The van der Waals surface area contributed by atoms with Gasteiger partial charge in [-0.3, -0.25) is 19.3 Å². The molecule has 1 atom stereocenters. The number of anilines is 3. The van der Waals surface area contributed by atoms with Crippen molar-refractivity contribution >= 4 is 52.7 Å². The van der Waals surface area contributed by atoms with E-state index in [4.69, 9.17) is 14.2 Å². The molecule has 63 heavy (non-hydrogen) atoms. The molecule has 16 heteroatoms. The number of ketones is 2. The van der Waals surface area contributed by atoms with Gasteiger partial charge in [0.1, 0.15) is 24.1 Å². The summed E-state index contributed by atoms with van der Waals surface area (Å²) in [7, 11) is 0. The van der Waals surface area contributed by atoms with Gasteiger partial charge < -0.3 is 34.8 Å². The molecule has 0 aromatic heterocycles. The van der Waals surface area contributed by atoms with Gasteiger partial charge in [0, 0.05) is 56.2 Å². The Morgan fingerprint density at radius 1 is 0.841 bits per heavy atom. The van der Waals surface area contributed by atoms with Crippen LogP contribution in [0.15, 0.2) is 91.0 Å². The van der Waals surface area contributed by atoms with Crippen molar-refractivity contribution in [3.05, 3.63) is 114 Å². The smallest absolute Gasteiger partial charge is 0.414 e. The van der Waals surface area contributed by atoms with Crippen molar-refractivity contribution in [3.63, 3.8) is 0 Å². The lowest BCUT2D eigenvalue weighted by Gasteiger charge is -2.36. The summed E-state index contributed by atoms with van der Waals surface area (Å²) in [6, 6.07) is 27.1. The van der Waals surface area contributed by atoms with E-state index in [2.05, 4.69) is 16.2 Å². The fraction of sp³-hybridized carbons (Fsp3) is 0.362. The van der Waals surface area contributed by atoms with E-state index in [1.165, 1.54) is 11.0 Å². The zero-order chi connectivity index (χ0) is 44.7. The maximum absolute atomic E-state index is 15.4. The molecular weight excluding hydrogens is 812 g/mol. The number of carbonyl (C=O) groups is 6. The standard InChI is InChI=1S/C47H51FN6O9/c1-47(2,3)63-45(59)49-26-33-28-54(46(60)62-33)32-19-20-40(39(48)25-32)52-21-23-53(24-22-52)43(57)14-8-13-41(55)30-15-17-31(18-16-30)51-50-27-42(56)44(58)61-29-38-36-11-6-4-9-34(36)35-10-5-7-12-37(35)38/h4-7,9-12,15-20,25,33,38,50-51H,8,13-14,21-24,26-29H2,1-3H3,(H,49,59)/t33-/m0/s1. The number of ether oxygens (including phenoxy) is 3. The predicted octanol–water partition coefficient (Wildman–Crippen LogP) is 6.22. The van der Waals surface area contributed by atoms with Crippen molar-refractivity contribution < 1.29 is 47.4 Å². The maximum atomic E-state index is 15.4. The van der Waals surface area contributed by atoms with E-state index in [-0.39, 0.29) is 56.7 Å². The summed E-state index contributed by atoms with van der Waals surface area (Å²) in [5, 5.41) is 2.58. The monoisotopic (exact) mass is 862 g/mol. The molecule has 3 aliphatic rings. The zero-order valence-electron chi connectivity index (χ0n) is 35.5. The summed E-state index contributed by atoms with van der Waals surface area (Å²) in [6.07, 6.45) is -1.17. The van der Waals surface area contributed by atoms with Crippen LogP contribution in [0.5, 0.6) is 0 Å². The van der Waals surface area contributed by atoms with E-state index >= 15 is 4.39 Å². The number of hydrazine groups is 1. The number of piperazine rings is 1. The fourth-order valence-corrected chi connectivity index (χ4v) is 7.89. The second kappa shape index (κ2) is 19.5. The highest BCUT2D eigenvalue weighted by Crippen LogP contribution is 2.44. The molecule has 15 nitrogen and oxygen atoms in total. The Morgan fingerprint density at radius 2 is 1.51 bits per heavy atom. The van der Waals surface area contributed by atoms with Gasteiger partial charge in [0.05, 0.1) is 31.0 Å². The number of nitrogens with one attached hydrogen (secondary N) is 3. The van der Waals surface area contributed by atoms with E-state index in [1.807, 2.05) is 53.4 Å². The lowest BCUT2D eigenvalue weighted by Crippen LogP contribution is -2.49. The van der Waals surface area contributed by atoms with E-state index in [9.17, 15) is 28.8 Å². The minimum Gasteiger partial charge on any atom is -0.459 e. The van der Waals surface area contributed by atoms with Gasteiger partial charge in [-0.15, -0.1) is 0 Å². The van der Waals surface area contributed by atoms with Crippen molar-refractivity contribution in [3.8, 4) is 11.1 Å². The molecule has 2 fully saturated rings. The number of hydrogen-bond acceptors (Lipinski definition) is 12. The number of alkyl carbamates (subject to hydrolysis) is 1. The first-order chi connectivity index (χ1) is 30.2. The molecule has 3 N–H and O–H groups in total. The Hall–Kier alpha value is -6.81. The van der Waals surface area contributed by atoms with E-state index in [0.717, 1.165) is 22.3 Å². The molecule has 2 heterocycles. The summed E-state index contributed by atoms with van der Waals surface area (Å²) >= 11 is 0. The summed E-state index contributed by atoms with van der Waals surface area (Å²) in [4.78, 5) is 80.4. The fourth-order valence-electron chi connectivity index (χ4n) is 7.89. The minimum absolute atomic E-state index is 0.0469. The Morgan fingerprint density at radius 3 is 2.16 bits per heavy atom. The number of rotatable bonds is 16. The van der Waals surface area contributed by atoms with Crippen molar-refractivity contribution in [1.82, 2.24) is 15.6 Å². The Bertz CT molecular complexity index is 2310. The Labute approximate surface area is 364 Å². The van der Waals surface area contributed by atoms with Gasteiger partial charge in [-0.25, -0.2) is 24.2 Å². The van der Waals surface area contributed by atoms with Crippen LogP contribution in [0.2, 0.25) is 0 Å². The van der Waals surface area contributed by atoms with Crippen molar-refractivity contribution in [2.24, 2.45) is 0 Å². The molecule has 3 amide bonds. The summed E-state index contributed by atoms with van der Waals surface area (Å²) in [5.74, 6) is -2.53. The van der Waals surface area contributed by atoms with Crippen molar-refractivity contribution in [2.45, 2.75) is 57.7 Å². The molecule has 7 rings (SSSR count). The Kier molecular flexibility index (Phi) is 13.7. The first-order valence-electron chi connectivity index (χ1n) is 21.0. The quantitative estimate of drug-likeness (QED) is 0.0382. The van der Waals surface area contributed by atoms with Gasteiger partial charge in [-0.1, -0.05) is 48.5 Å². The molecule has 1 aliphatic carbocycles. The third-order valence-electron chi connectivity index (χ3n) is 11.0. The number of amides is 3. The Balaban J connectivity index is 0.779. The number of esters is 1. The highest BCUT2D eigenvalue weighted by Gasteiger charge is 2.34. The molecule has 0 unspecified atom stereocenters. The molecule has 2 saturated heterocycles. The average Bonchev–Trinajstić information content (AvgIpc) is 3.81. The number of halogens is 1. The molecule has 2 aliphatic heterocycles. The number of Topliss-reactive ketones (excluding diaryl/α,β-unsaturated/α-hetero) is 2. The maximum Gasteiger partial charge on any atom is 0.414 e. The lowest BCUT2D eigenvalue weighted by molar-refractivity contribution is -0.153. The van der Waals surface area contributed by atoms with Gasteiger partial charge >= 0.3 is 18.2 Å². The zero-order valence-corrected chi connectivity index (χ0v) is 35.5. The van der Waals surface area contributed by atoms with Crippen LogP contribution in [-0.4, -0.2) is 105 Å². The summed E-state index contributed by atoms with van der Waals surface area (Å²) in [6.45, 7) is 6.74. The minimum atomic E-state index is -0.928. The second-order valence-electron chi connectivity index (χ2n) is 16.6. The highest BCUT2D eigenvalue weighted by atomic mass is 19.1. The van der Waals surface area contributed by atoms with Gasteiger partial charge in [-0.2, -0.15) is 0 Å². The van der Waals surface area contributed by atoms with Crippen LogP contribution >= 0.6 is 0 Å². The average molecular weight is 863 g/mol. The molecule has 330 valence electrons. The number of carbonyl (C=O) groups excluding carboxylic acids is 6. The third kappa shape index (κ3) is 11.0. The van der Waals surface area contributed by atoms with Gasteiger partial charge in [-0.05, 0) is 91.9 Å². The molecular formula is C47H51FN6O9. The SMILES string of the molecule is CC(C)(C)OC(=O)NC[C@H]1CN(c2ccc(N3CCN(C(=O)CCCC(=O)c4ccc(NNCC(=O)C(=O)OCC5c6ccccc6-c6ccccc65)cc4)CC3)c(F)c2)C(=O)O1. The molecule has 0 bridgehead atoms. The number of nitrogens with zero attached hydrogens (tertiary/aromatic N) is 3. The van der Waals surface area contributed by atoms with Gasteiger partial charge in [0.25, 0.3) is 5.78 Å². The highest BCUT2D eigenvalue weighted by molar-refractivity contribution is 6.34. The van der Waals surface area contributed by atoms with Crippen molar-refractivity contribution in [1.29, 1.82) is 0 Å². The van der Waals surface area contributed by atoms with Crippen LogP contribution in [0, 0.1) is 5.82 Å². The van der Waals surface area contributed by atoms with Crippen LogP contribution in [-0.2, 0) is 28.6 Å². The van der Waals surface area contributed by atoms with Crippen LogP contribution < -0.4 is 26.0 Å². The molecule has 0 radical (unpaired) electrons. The predicted molar refractivity (Wildman–Crippen MR) is 233 cm³/mol. The lowest BCUT2D eigenvalue weighted by atomic mass is 9.98. The van der Waals surface area contributed by atoms with E-state index in [0.29, 0.717) is 55.2 Å². The van der Waals surface area contributed by atoms with Gasteiger partial charge in [0.15, 0.2) is 5.78 Å². The van der Waals surface area contributed by atoms with Crippen LogP contribution in [0.4, 0.5) is 31.0 Å². The van der Waals surface area contributed by atoms with Crippen LogP contribution in [0.25, 0.3) is 11.1 Å². The van der Waals surface area contributed by atoms with Crippen molar-refractivity contribution in [2.75, 3.05) is 67.6 Å². The molecule has 4 aromatic carbocycles. The molecule has 0 saturated carbocycles.